The number of anilines is 3. The summed E-state index contributed by atoms with van der Waals surface area (Å²) in [4.78, 5) is 8.19. The highest BCUT2D eigenvalue weighted by Gasteiger charge is 2.08. The zero-order chi connectivity index (χ0) is 13.1. The van der Waals surface area contributed by atoms with Crippen molar-refractivity contribution in [1.29, 1.82) is 0 Å². The first kappa shape index (κ1) is 13.1. The average molecular weight is 328 g/mol. The van der Waals surface area contributed by atoms with Crippen LogP contribution < -0.4 is 11.1 Å². The Morgan fingerprint density at radius 2 is 2.17 bits per heavy atom. The van der Waals surface area contributed by atoms with Gasteiger partial charge in [-0.3, -0.25) is 0 Å². The zero-order valence-electron chi connectivity index (χ0n) is 9.74. The van der Waals surface area contributed by atoms with Crippen LogP contribution in [0.2, 0.25) is 5.02 Å². The number of nitrogens with one attached hydrogen (secondary N) is 1. The standard InChI is InChI=1S/C12H12BrClN4/c1-2-8-11(15)16-6-17-12(8)18-7-3-4-10(14)9(13)5-7/h3-6H,2H2,1H3,(H3,15,16,17,18). The van der Waals surface area contributed by atoms with Gasteiger partial charge in [0.25, 0.3) is 0 Å². The van der Waals surface area contributed by atoms with Gasteiger partial charge >= 0.3 is 0 Å². The Bertz CT molecular complexity index is 574. The van der Waals surface area contributed by atoms with E-state index >= 15 is 0 Å². The third-order valence-electron chi connectivity index (χ3n) is 2.51. The minimum absolute atomic E-state index is 0.503. The van der Waals surface area contributed by atoms with Crippen molar-refractivity contribution in [2.24, 2.45) is 0 Å². The molecule has 0 radical (unpaired) electrons. The number of halogens is 2. The van der Waals surface area contributed by atoms with Gasteiger partial charge in [0, 0.05) is 15.7 Å². The number of rotatable bonds is 3. The summed E-state index contributed by atoms with van der Waals surface area (Å²) in [5, 5.41) is 3.88. The molecular weight excluding hydrogens is 316 g/mol. The van der Waals surface area contributed by atoms with E-state index < -0.39 is 0 Å². The smallest absolute Gasteiger partial charge is 0.139 e. The summed E-state index contributed by atoms with van der Waals surface area (Å²) in [6, 6.07) is 5.58. The van der Waals surface area contributed by atoms with Crippen LogP contribution in [0.4, 0.5) is 17.3 Å². The lowest BCUT2D eigenvalue weighted by molar-refractivity contribution is 1.06. The minimum Gasteiger partial charge on any atom is -0.383 e. The van der Waals surface area contributed by atoms with Gasteiger partial charge in [0.1, 0.15) is 18.0 Å². The molecule has 1 heterocycles. The summed E-state index contributed by atoms with van der Waals surface area (Å²) >= 11 is 9.33. The molecule has 1 aromatic heterocycles. The molecule has 0 saturated heterocycles. The largest absolute Gasteiger partial charge is 0.383 e. The Morgan fingerprint density at radius 3 is 2.83 bits per heavy atom. The van der Waals surface area contributed by atoms with Crippen molar-refractivity contribution in [2.75, 3.05) is 11.1 Å². The molecule has 94 valence electrons. The predicted octanol–water partition coefficient (Wildman–Crippen LogP) is 3.78. The molecule has 0 atom stereocenters. The number of nitrogen functional groups attached to an aromatic ring is 1. The lowest BCUT2D eigenvalue weighted by Crippen LogP contribution is -2.04. The van der Waals surface area contributed by atoms with Gasteiger partial charge in [0.05, 0.1) is 5.02 Å². The van der Waals surface area contributed by atoms with Gasteiger partial charge < -0.3 is 11.1 Å². The topological polar surface area (TPSA) is 63.8 Å². The third kappa shape index (κ3) is 2.73. The highest BCUT2D eigenvalue weighted by molar-refractivity contribution is 9.10. The number of benzene rings is 1. The van der Waals surface area contributed by atoms with E-state index in [1.807, 2.05) is 25.1 Å². The molecule has 0 spiro atoms. The SMILES string of the molecule is CCc1c(N)ncnc1Nc1ccc(Cl)c(Br)c1. The maximum atomic E-state index is 5.95. The normalized spacial score (nSPS) is 10.4. The molecule has 0 saturated carbocycles. The zero-order valence-corrected chi connectivity index (χ0v) is 12.1. The van der Waals surface area contributed by atoms with Crippen molar-refractivity contribution in [3.8, 4) is 0 Å². The summed E-state index contributed by atoms with van der Waals surface area (Å²) in [6.07, 6.45) is 2.21. The first-order chi connectivity index (χ1) is 8.61. The first-order valence-electron chi connectivity index (χ1n) is 5.43. The fraction of sp³-hybridized carbons (Fsp3) is 0.167. The molecule has 0 aliphatic heterocycles. The van der Waals surface area contributed by atoms with Crippen LogP contribution >= 0.6 is 27.5 Å². The quantitative estimate of drug-likeness (QED) is 0.900. The van der Waals surface area contributed by atoms with E-state index in [-0.39, 0.29) is 0 Å². The van der Waals surface area contributed by atoms with Crippen LogP contribution in [-0.4, -0.2) is 9.97 Å². The van der Waals surface area contributed by atoms with Gasteiger partial charge in [0.2, 0.25) is 0 Å². The summed E-state index contributed by atoms with van der Waals surface area (Å²) in [6.45, 7) is 2.01. The second kappa shape index (κ2) is 5.54. The summed E-state index contributed by atoms with van der Waals surface area (Å²) in [7, 11) is 0. The maximum Gasteiger partial charge on any atom is 0.139 e. The number of hydrogen-bond donors (Lipinski definition) is 2. The number of nitrogens with zero attached hydrogens (tertiary/aromatic N) is 2. The summed E-state index contributed by atoms with van der Waals surface area (Å²) < 4.78 is 0.828. The monoisotopic (exact) mass is 326 g/mol. The Kier molecular flexibility index (Phi) is 4.04. The molecule has 0 aliphatic carbocycles. The van der Waals surface area contributed by atoms with Gasteiger partial charge in [-0.1, -0.05) is 18.5 Å². The fourth-order valence-corrected chi connectivity index (χ4v) is 2.09. The predicted molar refractivity (Wildman–Crippen MR) is 78.3 cm³/mol. The summed E-state index contributed by atoms with van der Waals surface area (Å²) in [5.41, 5.74) is 7.61. The maximum absolute atomic E-state index is 5.95. The molecule has 0 unspecified atom stereocenters. The molecule has 3 N–H and O–H groups in total. The molecule has 0 amide bonds. The van der Waals surface area contributed by atoms with Crippen LogP contribution in [0.5, 0.6) is 0 Å². The van der Waals surface area contributed by atoms with Gasteiger partial charge in [-0.15, -0.1) is 0 Å². The third-order valence-corrected chi connectivity index (χ3v) is 3.73. The van der Waals surface area contributed by atoms with Crippen molar-refractivity contribution in [2.45, 2.75) is 13.3 Å². The van der Waals surface area contributed by atoms with Crippen molar-refractivity contribution in [3.63, 3.8) is 0 Å². The van der Waals surface area contributed by atoms with E-state index in [9.17, 15) is 0 Å². The second-order valence-corrected chi connectivity index (χ2v) is 4.96. The number of aromatic nitrogens is 2. The Balaban J connectivity index is 2.34. The average Bonchev–Trinajstić information content (AvgIpc) is 2.34. The molecule has 0 fully saturated rings. The van der Waals surface area contributed by atoms with E-state index in [4.69, 9.17) is 17.3 Å². The van der Waals surface area contributed by atoms with Crippen molar-refractivity contribution < 1.29 is 0 Å². The van der Waals surface area contributed by atoms with Crippen LogP contribution in [0.25, 0.3) is 0 Å². The lowest BCUT2D eigenvalue weighted by atomic mass is 10.2. The number of hydrogen-bond acceptors (Lipinski definition) is 4. The molecule has 4 nitrogen and oxygen atoms in total. The molecular formula is C12H12BrClN4. The molecule has 1 aromatic carbocycles. The van der Waals surface area contributed by atoms with Crippen LogP contribution in [-0.2, 0) is 6.42 Å². The van der Waals surface area contributed by atoms with Crippen LogP contribution in [0.1, 0.15) is 12.5 Å². The second-order valence-electron chi connectivity index (χ2n) is 3.69. The van der Waals surface area contributed by atoms with E-state index in [2.05, 4.69) is 31.2 Å². The lowest BCUT2D eigenvalue weighted by Gasteiger charge is -2.11. The van der Waals surface area contributed by atoms with E-state index in [1.54, 1.807) is 0 Å². The Morgan fingerprint density at radius 1 is 1.39 bits per heavy atom. The van der Waals surface area contributed by atoms with Crippen LogP contribution in [0.15, 0.2) is 29.0 Å². The number of nitrogens with two attached hydrogens (primary N) is 1. The Hall–Kier alpha value is -1.33. The van der Waals surface area contributed by atoms with Crippen LogP contribution in [0, 0.1) is 0 Å². The summed E-state index contributed by atoms with van der Waals surface area (Å²) in [5.74, 6) is 1.22. The first-order valence-corrected chi connectivity index (χ1v) is 6.60. The molecule has 2 rings (SSSR count). The van der Waals surface area contributed by atoms with Gasteiger partial charge in [0.15, 0.2) is 0 Å². The molecule has 6 heteroatoms. The fourth-order valence-electron chi connectivity index (χ4n) is 1.59. The van der Waals surface area contributed by atoms with E-state index in [1.165, 1.54) is 6.33 Å². The Labute approximate surface area is 119 Å². The van der Waals surface area contributed by atoms with Crippen molar-refractivity contribution in [1.82, 2.24) is 9.97 Å². The van der Waals surface area contributed by atoms with Crippen molar-refractivity contribution >= 4 is 44.9 Å². The minimum atomic E-state index is 0.503. The van der Waals surface area contributed by atoms with Gasteiger partial charge in [-0.2, -0.15) is 0 Å². The van der Waals surface area contributed by atoms with Gasteiger partial charge in [-0.25, -0.2) is 9.97 Å². The molecule has 0 aliphatic rings. The molecule has 18 heavy (non-hydrogen) atoms. The highest BCUT2D eigenvalue weighted by Crippen LogP contribution is 2.28. The highest BCUT2D eigenvalue weighted by atomic mass is 79.9. The van der Waals surface area contributed by atoms with Crippen molar-refractivity contribution in [3.05, 3.63) is 39.6 Å². The van der Waals surface area contributed by atoms with E-state index in [0.717, 1.165) is 28.0 Å². The molecule has 0 bridgehead atoms. The van der Waals surface area contributed by atoms with Crippen LogP contribution in [0.3, 0.4) is 0 Å². The molecule has 2 aromatic rings. The van der Waals surface area contributed by atoms with E-state index in [0.29, 0.717) is 10.8 Å². The van der Waals surface area contributed by atoms with Gasteiger partial charge in [-0.05, 0) is 40.5 Å².